The second-order valence-corrected chi connectivity index (χ2v) is 6.15. The Hall–Kier alpha value is -3.15. The van der Waals surface area contributed by atoms with Gasteiger partial charge in [0.15, 0.2) is 0 Å². The van der Waals surface area contributed by atoms with Crippen molar-refractivity contribution in [3.05, 3.63) is 58.0 Å². The van der Waals surface area contributed by atoms with Gasteiger partial charge in [-0.2, -0.15) is 0 Å². The van der Waals surface area contributed by atoms with Gasteiger partial charge in [0.05, 0.1) is 19.2 Å². The lowest BCUT2D eigenvalue weighted by atomic mass is 10.0. The summed E-state index contributed by atoms with van der Waals surface area (Å²) >= 11 is 0. The average Bonchev–Trinajstić information content (AvgIpc) is 2.67. The monoisotopic (exact) mass is 366 g/mol. The van der Waals surface area contributed by atoms with Crippen LogP contribution in [0.5, 0.6) is 5.88 Å². The number of hydrogen-bond donors (Lipinski definition) is 0. The molecule has 1 aromatic carbocycles. The smallest absolute Gasteiger partial charge is 0.343 e. The number of pyridine rings is 2. The highest BCUT2D eigenvalue weighted by molar-refractivity contribution is 5.94. The van der Waals surface area contributed by atoms with Crippen molar-refractivity contribution < 1.29 is 14.3 Å². The third kappa shape index (κ3) is 3.56. The Kier molecular flexibility index (Phi) is 5.26. The lowest BCUT2D eigenvalue weighted by Gasteiger charge is -2.13. The van der Waals surface area contributed by atoms with Crippen LogP contribution in [0.25, 0.3) is 22.0 Å². The molecule has 6 nitrogen and oxygen atoms in total. The zero-order valence-electron chi connectivity index (χ0n) is 15.9. The minimum Gasteiger partial charge on any atom is -0.481 e. The molecule has 2 aromatic heterocycles. The van der Waals surface area contributed by atoms with E-state index in [4.69, 9.17) is 9.47 Å². The van der Waals surface area contributed by atoms with Gasteiger partial charge in [0.1, 0.15) is 5.56 Å². The molecule has 0 atom stereocenters. The van der Waals surface area contributed by atoms with Crippen molar-refractivity contribution in [2.75, 3.05) is 13.7 Å². The number of esters is 1. The number of methoxy groups -OCH3 is 1. The molecule has 0 aliphatic carbocycles. The molecular formula is C21H22N2O4. The summed E-state index contributed by atoms with van der Waals surface area (Å²) in [5.74, 6) is -0.0548. The summed E-state index contributed by atoms with van der Waals surface area (Å²) in [5.41, 5.74) is 3.24. The quantitative estimate of drug-likeness (QED) is 0.646. The van der Waals surface area contributed by atoms with E-state index in [-0.39, 0.29) is 17.6 Å². The maximum Gasteiger partial charge on any atom is 0.343 e. The summed E-state index contributed by atoms with van der Waals surface area (Å²) in [7, 11) is 1.58. The van der Waals surface area contributed by atoms with Crippen LogP contribution in [-0.4, -0.2) is 29.2 Å². The van der Waals surface area contributed by atoms with Gasteiger partial charge in [-0.3, -0.25) is 4.79 Å². The topological polar surface area (TPSA) is 70.4 Å². The Morgan fingerprint density at radius 3 is 2.59 bits per heavy atom. The fourth-order valence-corrected chi connectivity index (χ4v) is 3.10. The van der Waals surface area contributed by atoms with E-state index in [1.54, 1.807) is 26.3 Å². The van der Waals surface area contributed by atoms with Crippen molar-refractivity contribution in [1.82, 2.24) is 9.55 Å². The molecule has 0 saturated carbocycles. The van der Waals surface area contributed by atoms with Gasteiger partial charge in [-0.15, -0.1) is 0 Å². The molecule has 0 unspecified atom stereocenters. The van der Waals surface area contributed by atoms with Gasteiger partial charge >= 0.3 is 5.97 Å². The molecule has 27 heavy (non-hydrogen) atoms. The van der Waals surface area contributed by atoms with Crippen molar-refractivity contribution in [3.63, 3.8) is 0 Å². The first kappa shape index (κ1) is 18.6. The van der Waals surface area contributed by atoms with Gasteiger partial charge in [0, 0.05) is 29.9 Å². The standard InChI is InChI=1S/C21H22N2O4/c1-5-23-12-17(21(25)27-6-2)20(24)16-8-7-14(10-18(16)23)15-9-13(3)22-19(11-15)26-4/h7-12H,5-6H2,1-4H3. The average molecular weight is 366 g/mol. The Labute approximate surface area is 157 Å². The fraction of sp³-hybridized carbons (Fsp3) is 0.286. The molecule has 0 aliphatic rings. The molecule has 0 radical (unpaired) electrons. The number of carbonyl (C=O) groups is 1. The van der Waals surface area contributed by atoms with Crippen molar-refractivity contribution >= 4 is 16.9 Å². The molecule has 3 aromatic rings. The fourth-order valence-electron chi connectivity index (χ4n) is 3.10. The number of rotatable bonds is 5. The van der Waals surface area contributed by atoms with E-state index >= 15 is 0 Å². The van der Waals surface area contributed by atoms with E-state index in [1.807, 2.05) is 42.7 Å². The molecular weight excluding hydrogens is 344 g/mol. The van der Waals surface area contributed by atoms with E-state index in [0.29, 0.717) is 17.8 Å². The zero-order chi connectivity index (χ0) is 19.6. The summed E-state index contributed by atoms with van der Waals surface area (Å²) in [6.07, 6.45) is 1.57. The summed E-state index contributed by atoms with van der Waals surface area (Å²) in [5, 5.41) is 0.490. The Bertz CT molecular complexity index is 1070. The molecule has 140 valence electrons. The molecule has 0 fully saturated rings. The second-order valence-electron chi connectivity index (χ2n) is 6.15. The highest BCUT2D eigenvalue weighted by atomic mass is 16.5. The van der Waals surface area contributed by atoms with Crippen molar-refractivity contribution in [2.24, 2.45) is 0 Å². The van der Waals surface area contributed by atoms with E-state index in [2.05, 4.69) is 4.98 Å². The van der Waals surface area contributed by atoms with Crippen LogP contribution in [0.15, 0.2) is 41.3 Å². The maximum absolute atomic E-state index is 12.8. The Morgan fingerprint density at radius 1 is 1.15 bits per heavy atom. The third-order valence-corrected chi connectivity index (χ3v) is 4.39. The summed E-state index contributed by atoms with van der Waals surface area (Å²) in [6.45, 7) is 6.43. The van der Waals surface area contributed by atoms with Crippen LogP contribution in [0.3, 0.4) is 0 Å². The number of nitrogens with zero attached hydrogens (tertiary/aromatic N) is 2. The normalized spacial score (nSPS) is 10.8. The summed E-state index contributed by atoms with van der Waals surface area (Å²) in [6, 6.07) is 9.39. The van der Waals surface area contributed by atoms with E-state index in [9.17, 15) is 9.59 Å². The van der Waals surface area contributed by atoms with Gasteiger partial charge in [-0.05, 0) is 50.1 Å². The number of ether oxygens (including phenoxy) is 2. The summed E-state index contributed by atoms with van der Waals surface area (Å²) < 4.78 is 12.2. The van der Waals surface area contributed by atoms with E-state index in [1.165, 1.54) is 0 Å². The predicted molar refractivity (Wildman–Crippen MR) is 104 cm³/mol. The van der Waals surface area contributed by atoms with Crippen LogP contribution in [0.1, 0.15) is 29.9 Å². The largest absolute Gasteiger partial charge is 0.481 e. The molecule has 3 rings (SSSR count). The molecule has 0 bridgehead atoms. The number of aromatic nitrogens is 2. The van der Waals surface area contributed by atoms with Crippen molar-refractivity contribution in [2.45, 2.75) is 27.3 Å². The first-order chi connectivity index (χ1) is 13.0. The Balaban J connectivity index is 2.21. The Morgan fingerprint density at radius 2 is 1.93 bits per heavy atom. The van der Waals surface area contributed by atoms with Gasteiger partial charge < -0.3 is 14.0 Å². The predicted octanol–water partition coefficient (Wildman–Crippen LogP) is 3.58. The van der Waals surface area contributed by atoms with E-state index < -0.39 is 5.97 Å². The SMILES string of the molecule is CCOC(=O)c1cn(CC)c2cc(-c3cc(C)nc(OC)c3)ccc2c1=O. The molecule has 0 spiro atoms. The van der Waals surface area contributed by atoms with Crippen LogP contribution in [0.4, 0.5) is 0 Å². The van der Waals surface area contributed by atoms with Crippen molar-refractivity contribution in [3.8, 4) is 17.0 Å². The minimum atomic E-state index is -0.592. The molecule has 2 heterocycles. The van der Waals surface area contributed by atoms with Crippen LogP contribution >= 0.6 is 0 Å². The number of fused-ring (bicyclic) bond motifs is 1. The number of carbonyl (C=O) groups excluding carboxylic acids is 1. The molecule has 0 amide bonds. The maximum atomic E-state index is 12.8. The number of aryl methyl sites for hydroxylation is 2. The molecule has 6 heteroatoms. The highest BCUT2D eigenvalue weighted by Crippen LogP contribution is 2.26. The zero-order valence-corrected chi connectivity index (χ0v) is 15.9. The lowest BCUT2D eigenvalue weighted by Crippen LogP contribution is -2.20. The first-order valence-electron chi connectivity index (χ1n) is 8.85. The summed E-state index contributed by atoms with van der Waals surface area (Å²) in [4.78, 5) is 29.2. The molecule has 0 N–H and O–H groups in total. The third-order valence-electron chi connectivity index (χ3n) is 4.39. The van der Waals surface area contributed by atoms with Crippen LogP contribution < -0.4 is 10.2 Å². The molecule has 0 saturated heterocycles. The number of hydrogen-bond acceptors (Lipinski definition) is 5. The number of benzene rings is 1. The highest BCUT2D eigenvalue weighted by Gasteiger charge is 2.16. The van der Waals surface area contributed by atoms with Gasteiger partial charge in [0.25, 0.3) is 0 Å². The lowest BCUT2D eigenvalue weighted by molar-refractivity contribution is 0.0524. The van der Waals surface area contributed by atoms with Crippen LogP contribution in [-0.2, 0) is 11.3 Å². The van der Waals surface area contributed by atoms with Gasteiger partial charge in [-0.25, -0.2) is 9.78 Å². The molecule has 0 aliphatic heterocycles. The van der Waals surface area contributed by atoms with Crippen LogP contribution in [0.2, 0.25) is 0 Å². The second kappa shape index (κ2) is 7.61. The van der Waals surface area contributed by atoms with Crippen LogP contribution in [0, 0.1) is 6.92 Å². The van der Waals surface area contributed by atoms with Gasteiger partial charge in [0.2, 0.25) is 11.3 Å². The van der Waals surface area contributed by atoms with Crippen molar-refractivity contribution in [1.29, 1.82) is 0 Å². The van der Waals surface area contributed by atoms with Gasteiger partial charge in [-0.1, -0.05) is 6.07 Å². The minimum absolute atomic E-state index is 0.0559. The first-order valence-corrected chi connectivity index (χ1v) is 8.85. The van der Waals surface area contributed by atoms with E-state index in [0.717, 1.165) is 22.3 Å².